The number of unbranched alkanes of at least 4 members (excludes halogenated alkanes) is 5. The molecule has 3 aromatic carbocycles. The van der Waals surface area contributed by atoms with E-state index in [0.717, 1.165) is 50.5 Å². The van der Waals surface area contributed by atoms with Crippen molar-refractivity contribution in [3.63, 3.8) is 0 Å². The van der Waals surface area contributed by atoms with Crippen molar-refractivity contribution in [3.05, 3.63) is 88.5 Å². The molecule has 1 aliphatic carbocycles. The zero-order valence-electron chi connectivity index (χ0n) is 23.6. The highest BCUT2D eigenvalue weighted by molar-refractivity contribution is 5.73. The summed E-state index contributed by atoms with van der Waals surface area (Å²) in [7, 11) is 0. The molecule has 0 N–H and O–H groups in total. The smallest absolute Gasteiger partial charge is 0.201 e. The van der Waals surface area contributed by atoms with Crippen LogP contribution in [-0.2, 0) is 0 Å². The van der Waals surface area contributed by atoms with E-state index in [4.69, 9.17) is 4.74 Å². The molecule has 4 rings (SSSR count). The maximum Gasteiger partial charge on any atom is 0.201 e. The van der Waals surface area contributed by atoms with Gasteiger partial charge in [-0.2, -0.15) is 4.39 Å². The Balaban J connectivity index is 1.37. The van der Waals surface area contributed by atoms with E-state index in [1.54, 1.807) is 42.5 Å². The van der Waals surface area contributed by atoms with Gasteiger partial charge in [0.2, 0.25) is 5.82 Å². The third-order valence-electron chi connectivity index (χ3n) is 8.08. The largest absolute Gasteiger partial charge is 0.490 e. The van der Waals surface area contributed by atoms with Crippen molar-refractivity contribution in [2.75, 3.05) is 6.61 Å². The summed E-state index contributed by atoms with van der Waals surface area (Å²) in [5, 5.41) is 0. The van der Waals surface area contributed by atoms with Gasteiger partial charge in [-0.3, -0.25) is 0 Å². The highest BCUT2D eigenvalue weighted by atomic mass is 19.2. The van der Waals surface area contributed by atoms with Crippen molar-refractivity contribution in [3.8, 4) is 16.9 Å². The summed E-state index contributed by atoms with van der Waals surface area (Å²) in [6.07, 6.45) is 13.5. The van der Waals surface area contributed by atoms with Gasteiger partial charge in [0, 0.05) is 11.1 Å². The summed E-state index contributed by atoms with van der Waals surface area (Å²) in [4.78, 5) is 0. The van der Waals surface area contributed by atoms with E-state index in [-0.39, 0.29) is 22.8 Å². The standard InChI is InChI=1S/C35H40F4O/c1-3-4-5-6-7-8-23-40-31-22-19-28(32(36)35(31)39)18-13-25-11-16-27(17-12-25)30-21-20-29(33(37)34(30)38)26-14-9-24(2)10-15-26/h11-13,16-22,24,26H,3-10,14-15,23H2,1-2H3/b18-13+. The predicted octanol–water partition coefficient (Wildman–Crippen LogP) is 11.1. The highest BCUT2D eigenvalue weighted by Gasteiger charge is 2.25. The SMILES string of the molecule is CCCCCCCCOc1ccc(/C=C/c2ccc(-c3ccc(C4CCC(C)CC4)c(F)c3F)cc2)c(F)c1F. The topological polar surface area (TPSA) is 9.23 Å². The molecule has 0 amide bonds. The summed E-state index contributed by atoms with van der Waals surface area (Å²) in [6.45, 7) is 4.72. The molecule has 0 saturated heterocycles. The average molecular weight is 553 g/mol. The van der Waals surface area contributed by atoms with E-state index >= 15 is 4.39 Å². The molecule has 1 fully saturated rings. The molecule has 1 aliphatic rings. The van der Waals surface area contributed by atoms with E-state index < -0.39 is 23.3 Å². The molecule has 0 unspecified atom stereocenters. The molecule has 0 spiro atoms. The van der Waals surface area contributed by atoms with Crippen LogP contribution in [-0.4, -0.2) is 6.61 Å². The Morgan fingerprint density at radius 2 is 1.40 bits per heavy atom. The second kappa shape index (κ2) is 14.5. The summed E-state index contributed by atoms with van der Waals surface area (Å²) in [5.74, 6) is -2.90. The van der Waals surface area contributed by atoms with Crippen LogP contribution in [0.3, 0.4) is 0 Å². The first-order valence-corrected chi connectivity index (χ1v) is 14.8. The molecule has 1 saturated carbocycles. The van der Waals surface area contributed by atoms with Crippen LogP contribution in [0.5, 0.6) is 5.75 Å². The van der Waals surface area contributed by atoms with E-state index in [1.165, 1.54) is 37.5 Å². The van der Waals surface area contributed by atoms with Gasteiger partial charge in [0.05, 0.1) is 6.61 Å². The second-order valence-electron chi connectivity index (χ2n) is 11.1. The second-order valence-corrected chi connectivity index (χ2v) is 11.1. The van der Waals surface area contributed by atoms with Crippen molar-refractivity contribution in [1.82, 2.24) is 0 Å². The minimum Gasteiger partial charge on any atom is -0.490 e. The van der Waals surface area contributed by atoms with Crippen molar-refractivity contribution >= 4 is 12.2 Å². The fraction of sp³-hybridized carbons (Fsp3) is 0.429. The zero-order valence-corrected chi connectivity index (χ0v) is 23.6. The summed E-state index contributed by atoms with van der Waals surface area (Å²) >= 11 is 0. The van der Waals surface area contributed by atoms with Gasteiger partial charge in [-0.05, 0) is 59.9 Å². The average Bonchev–Trinajstić information content (AvgIpc) is 2.96. The first kappa shape index (κ1) is 29.9. The summed E-state index contributed by atoms with van der Waals surface area (Å²) < 4.78 is 64.7. The van der Waals surface area contributed by atoms with Gasteiger partial charge in [-0.25, -0.2) is 13.2 Å². The Bertz CT molecular complexity index is 1270. The number of hydrogen-bond acceptors (Lipinski definition) is 1. The molecule has 1 nitrogen and oxygen atoms in total. The molecule has 40 heavy (non-hydrogen) atoms. The third kappa shape index (κ3) is 7.56. The Labute approximate surface area is 236 Å². The van der Waals surface area contributed by atoms with Crippen molar-refractivity contribution in [2.45, 2.75) is 84.0 Å². The Hall–Kier alpha value is -3.08. The molecule has 214 valence electrons. The molecule has 0 atom stereocenters. The van der Waals surface area contributed by atoms with Crippen molar-refractivity contribution in [1.29, 1.82) is 0 Å². The minimum absolute atomic E-state index is 0.0680. The molecule has 0 bridgehead atoms. The van der Waals surface area contributed by atoms with E-state index in [2.05, 4.69) is 13.8 Å². The molecule has 0 aliphatic heterocycles. The van der Waals surface area contributed by atoms with Crippen LogP contribution >= 0.6 is 0 Å². The Morgan fingerprint density at radius 3 is 2.12 bits per heavy atom. The maximum absolute atomic E-state index is 15.0. The van der Waals surface area contributed by atoms with Crippen LogP contribution in [0.4, 0.5) is 17.6 Å². The van der Waals surface area contributed by atoms with Crippen LogP contribution < -0.4 is 4.74 Å². The highest BCUT2D eigenvalue weighted by Crippen LogP contribution is 2.38. The molecule has 0 aromatic heterocycles. The van der Waals surface area contributed by atoms with Gasteiger partial charge in [-0.15, -0.1) is 0 Å². The van der Waals surface area contributed by atoms with Crippen LogP contribution in [0.25, 0.3) is 23.3 Å². The van der Waals surface area contributed by atoms with Gasteiger partial charge in [0.15, 0.2) is 23.2 Å². The lowest BCUT2D eigenvalue weighted by Crippen LogP contribution is -2.13. The summed E-state index contributed by atoms with van der Waals surface area (Å²) in [5.41, 5.74) is 2.07. The van der Waals surface area contributed by atoms with E-state index in [0.29, 0.717) is 23.7 Å². The van der Waals surface area contributed by atoms with Crippen molar-refractivity contribution < 1.29 is 22.3 Å². The number of rotatable bonds is 12. The quantitative estimate of drug-likeness (QED) is 0.123. The molecule has 0 heterocycles. The summed E-state index contributed by atoms with van der Waals surface area (Å²) in [6, 6.07) is 13.2. The first-order chi connectivity index (χ1) is 19.4. The van der Waals surface area contributed by atoms with Crippen LogP contribution in [0.15, 0.2) is 48.5 Å². The Morgan fingerprint density at radius 1 is 0.700 bits per heavy atom. The van der Waals surface area contributed by atoms with Gasteiger partial charge in [-0.1, -0.05) is 107 Å². The number of halogens is 4. The lowest BCUT2D eigenvalue weighted by Gasteiger charge is -2.27. The van der Waals surface area contributed by atoms with Crippen molar-refractivity contribution in [2.24, 2.45) is 5.92 Å². The van der Waals surface area contributed by atoms with Crippen LogP contribution in [0.1, 0.15) is 101 Å². The molecule has 3 aromatic rings. The number of hydrogen-bond donors (Lipinski definition) is 0. The van der Waals surface area contributed by atoms with Gasteiger partial charge in [0.1, 0.15) is 0 Å². The van der Waals surface area contributed by atoms with E-state index in [1.807, 2.05) is 0 Å². The lowest BCUT2D eigenvalue weighted by molar-refractivity contribution is 0.284. The molecular formula is C35H40F4O. The van der Waals surface area contributed by atoms with E-state index in [9.17, 15) is 13.2 Å². The normalized spacial score (nSPS) is 17.4. The zero-order chi connectivity index (χ0) is 28.5. The lowest BCUT2D eigenvalue weighted by atomic mass is 9.79. The monoisotopic (exact) mass is 552 g/mol. The Kier molecular flexibility index (Phi) is 10.9. The molecular weight excluding hydrogens is 512 g/mol. The van der Waals surface area contributed by atoms with Gasteiger partial charge >= 0.3 is 0 Å². The maximum atomic E-state index is 15.0. The molecule has 0 radical (unpaired) electrons. The predicted molar refractivity (Wildman–Crippen MR) is 156 cm³/mol. The van der Waals surface area contributed by atoms with Crippen LogP contribution in [0, 0.1) is 29.2 Å². The number of ether oxygens (including phenoxy) is 1. The first-order valence-electron chi connectivity index (χ1n) is 14.8. The third-order valence-corrected chi connectivity index (χ3v) is 8.08. The molecule has 5 heteroatoms. The fourth-order valence-electron chi connectivity index (χ4n) is 5.48. The van der Waals surface area contributed by atoms with Crippen LogP contribution in [0.2, 0.25) is 0 Å². The van der Waals surface area contributed by atoms with Gasteiger partial charge < -0.3 is 4.74 Å². The fourth-order valence-corrected chi connectivity index (χ4v) is 5.48. The minimum atomic E-state index is -0.993. The number of benzene rings is 3. The van der Waals surface area contributed by atoms with Gasteiger partial charge in [0.25, 0.3) is 0 Å².